The molecule has 1 saturated heterocycles. The van der Waals surface area contributed by atoms with Crippen molar-refractivity contribution in [2.24, 2.45) is 17.4 Å². The first-order valence-electron chi connectivity index (χ1n) is 5.85. The van der Waals surface area contributed by atoms with Gasteiger partial charge in [-0.1, -0.05) is 6.92 Å². The summed E-state index contributed by atoms with van der Waals surface area (Å²) >= 11 is 0. The first-order valence-corrected chi connectivity index (χ1v) is 5.85. The lowest BCUT2D eigenvalue weighted by atomic mass is 9.97. The molecule has 100 valence electrons. The summed E-state index contributed by atoms with van der Waals surface area (Å²) < 4.78 is 0. The van der Waals surface area contributed by atoms with Crippen LogP contribution in [0.2, 0.25) is 0 Å². The van der Waals surface area contributed by atoms with Crippen molar-refractivity contribution >= 4 is 24.2 Å². The van der Waals surface area contributed by atoms with Crippen molar-refractivity contribution in [2.45, 2.75) is 38.6 Å². The summed E-state index contributed by atoms with van der Waals surface area (Å²) in [5.41, 5.74) is 10.7. The molecule has 0 bridgehead atoms. The number of hydrogen-bond donors (Lipinski definition) is 2. The van der Waals surface area contributed by atoms with Crippen LogP contribution in [0.1, 0.15) is 32.6 Å². The Balaban J connectivity index is 0.00000256. The first-order chi connectivity index (χ1) is 7.56. The van der Waals surface area contributed by atoms with Gasteiger partial charge >= 0.3 is 0 Å². The molecule has 0 aromatic heterocycles. The Morgan fingerprint density at radius 1 is 1.41 bits per heavy atom. The number of piperidine rings is 1. The van der Waals surface area contributed by atoms with Crippen LogP contribution in [0.15, 0.2) is 0 Å². The van der Waals surface area contributed by atoms with Crippen molar-refractivity contribution in [2.75, 3.05) is 13.1 Å². The Morgan fingerprint density at radius 3 is 2.59 bits per heavy atom. The summed E-state index contributed by atoms with van der Waals surface area (Å²) in [6.45, 7) is 2.89. The maximum atomic E-state index is 12.0. The number of rotatable bonds is 4. The van der Waals surface area contributed by atoms with E-state index in [0.717, 1.165) is 25.8 Å². The predicted molar refractivity (Wildman–Crippen MR) is 68.6 cm³/mol. The molecule has 2 atom stereocenters. The van der Waals surface area contributed by atoms with Gasteiger partial charge in [0.25, 0.3) is 0 Å². The monoisotopic (exact) mass is 263 g/mol. The number of carbonyl (C=O) groups is 2. The first kappa shape index (κ1) is 16.2. The molecule has 17 heavy (non-hydrogen) atoms. The Kier molecular flexibility index (Phi) is 7.15. The van der Waals surface area contributed by atoms with E-state index < -0.39 is 0 Å². The van der Waals surface area contributed by atoms with Crippen molar-refractivity contribution in [3.8, 4) is 0 Å². The lowest BCUT2D eigenvalue weighted by molar-refractivity contribution is -0.139. The smallest absolute Gasteiger partial charge is 0.226 e. The van der Waals surface area contributed by atoms with Gasteiger partial charge in [0.2, 0.25) is 11.8 Å². The van der Waals surface area contributed by atoms with Gasteiger partial charge in [-0.3, -0.25) is 9.59 Å². The molecule has 2 unspecified atom stereocenters. The molecule has 0 saturated carbocycles. The average molecular weight is 264 g/mol. The highest BCUT2D eigenvalue weighted by atomic mass is 35.5. The predicted octanol–water partition coefficient (Wildman–Crippen LogP) is 0.260. The minimum absolute atomic E-state index is 0. The van der Waals surface area contributed by atoms with Crippen LogP contribution in [-0.2, 0) is 9.59 Å². The van der Waals surface area contributed by atoms with E-state index in [-0.39, 0.29) is 42.6 Å². The van der Waals surface area contributed by atoms with Crippen LogP contribution >= 0.6 is 12.4 Å². The zero-order chi connectivity index (χ0) is 12.1. The number of carbonyl (C=O) groups excluding carboxylic acids is 2. The highest BCUT2D eigenvalue weighted by Crippen LogP contribution is 2.21. The molecule has 1 heterocycles. The molecule has 0 aliphatic carbocycles. The summed E-state index contributed by atoms with van der Waals surface area (Å²) in [4.78, 5) is 24.7. The molecule has 1 fully saturated rings. The van der Waals surface area contributed by atoms with Gasteiger partial charge in [-0.15, -0.1) is 12.4 Å². The SMILES string of the molecule is CC(CN)C(=O)N1CCCCC1CC(N)=O.Cl. The van der Waals surface area contributed by atoms with Crippen LogP contribution in [0.25, 0.3) is 0 Å². The number of likely N-dealkylation sites (tertiary alicyclic amines) is 1. The Morgan fingerprint density at radius 2 is 2.06 bits per heavy atom. The van der Waals surface area contributed by atoms with E-state index >= 15 is 0 Å². The summed E-state index contributed by atoms with van der Waals surface area (Å²) in [5, 5.41) is 0. The number of halogens is 1. The lowest BCUT2D eigenvalue weighted by Crippen LogP contribution is -2.48. The van der Waals surface area contributed by atoms with E-state index in [2.05, 4.69) is 0 Å². The molecule has 2 amide bonds. The molecule has 1 aliphatic rings. The van der Waals surface area contributed by atoms with Gasteiger partial charge in [0.1, 0.15) is 0 Å². The van der Waals surface area contributed by atoms with Crippen molar-refractivity contribution in [3.63, 3.8) is 0 Å². The van der Waals surface area contributed by atoms with Crippen molar-refractivity contribution in [1.82, 2.24) is 4.90 Å². The summed E-state index contributed by atoms with van der Waals surface area (Å²) in [5.74, 6) is -0.466. The minimum atomic E-state index is -0.342. The molecule has 0 aromatic rings. The van der Waals surface area contributed by atoms with Crippen molar-refractivity contribution in [1.29, 1.82) is 0 Å². The van der Waals surface area contributed by atoms with E-state index in [9.17, 15) is 9.59 Å². The molecule has 1 aliphatic heterocycles. The normalized spacial score (nSPS) is 21.5. The second-order valence-corrected chi connectivity index (χ2v) is 4.49. The number of hydrogen-bond acceptors (Lipinski definition) is 3. The fourth-order valence-corrected chi connectivity index (χ4v) is 2.12. The van der Waals surface area contributed by atoms with Gasteiger partial charge in [-0.25, -0.2) is 0 Å². The van der Waals surface area contributed by atoms with Gasteiger partial charge < -0.3 is 16.4 Å². The second-order valence-electron chi connectivity index (χ2n) is 4.49. The van der Waals surface area contributed by atoms with Gasteiger partial charge in [0, 0.05) is 31.5 Å². The topological polar surface area (TPSA) is 89.4 Å². The number of nitrogens with zero attached hydrogens (tertiary/aromatic N) is 1. The minimum Gasteiger partial charge on any atom is -0.370 e. The maximum absolute atomic E-state index is 12.0. The number of primary amides is 1. The fraction of sp³-hybridized carbons (Fsp3) is 0.818. The van der Waals surface area contributed by atoms with Crippen LogP contribution in [0.3, 0.4) is 0 Å². The third-order valence-electron chi connectivity index (χ3n) is 3.12. The van der Waals surface area contributed by atoms with Crippen LogP contribution in [-0.4, -0.2) is 35.8 Å². The molecule has 0 radical (unpaired) electrons. The number of nitrogens with two attached hydrogens (primary N) is 2. The Hall–Kier alpha value is -0.810. The van der Waals surface area contributed by atoms with Crippen molar-refractivity contribution in [3.05, 3.63) is 0 Å². The van der Waals surface area contributed by atoms with E-state index in [0.29, 0.717) is 6.54 Å². The third kappa shape index (κ3) is 4.52. The fourth-order valence-electron chi connectivity index (χ4n) is 2.12. The van der Waals surface area contributed by atoms with Crippen LogP contribution in [0.4, 0.5) is 0 Å². The average Bonchev–Trinajstić information content (AvgIpc) is 2.27. The van der Waals surface area contributed by atoms with Crippen molar-refractivity contribution < 1.29 is 9.59 Å². The van der Waals surface area contributed by atoms with Gasteiger partial charge in [0.05, 0.1) is 0 Å². The third-order valence-corrected chi connectivity index (χ3v) is 3.12. The number of amides is 2. The summed E-state index contributed by atoms with van der Waals surface area (Å²) in [6.07, 6.45) is 3.19. The standard InChI is InChI=1S/C11H21N3O2.ClH/c1-8(7-12)11(16)14-5-3-2-4-9(14)6-10(13)15;/h8-9H,2-7,12H2,1H3,(H2,13,15);1H. The molecule has 0 spiro atoms. The Labute approximate surface area is 108 Å². The zero-order valence-corrected chi connectivity index (χ0v) is 11.0. The second kappa shape index (κ2) is 7.50. The zero-order valence-electron chi connectivity index (χ0n) is 10.2. The van der Waals surface area contributed by atoms with E-state index in [1.54, 1.807) is 4.90 Å². The van der Waals surface area contributed by atoms with E-state index in [1.165, 1.54) is 0 Å². The van der Waals surface area contributed by atoms with E-state index in [1.807, 2.05) is 6.92 Å². The molecule has 5 nitrogen and oxygen atoms in total. The van der Waals surface area contributed by atoms with Crippen LogP contribution < -0.4 is 11.5 Å². The molecule has 6 heteroatoms. The van der Waals surface area contributed by atoms with Gasteiger partial charge in [0.15, 0.2) is 0 Å². The molecule has 0 aromatic carbocycles. The summed E-state index contributed by atoms with van der Waals surface area (Å²) in [7, 11) is 0. The van der Waals surface area contributed by atoms with Gasteiger partial charge in [-0.05, 0) is 19.3 Å². The Bertz CT molecular complexity index is 273. The largest absolute Gasteiger partial charge is 0.370 e. The van der Waals surface area contributed by atoms with Crippen LogP contribution in [0.5, 0.6) is 0 Å². The van der Waals surface area contributed by atoms with Crippen LogP contribution in [0, 0.1) is 5.92 Å². The molecular weight excluding hydrogens is 242 g/mol. The van der Waals surface area contributed by atoms with Gasteiger partial charge in [-0.2, -0.15) is 0 Å². The maximum Gasteiger partial charge on any atom is 0.226 e. The quantitative estimate of drug-likeness (QED) is 0.762. The lowest BCUT2D eigenvalue weighted by Gasteiger charge is -2.36. The highest BCUT2D eigenvalue weighted by molar-refractivity contribution is 5.85. The highest BCUT2D eigenvalue weighted by Gasteiger charge is 2.29. The van der Waals surface area contributed by atoms with E-state index in [4.69, 9.17) is 11.5 Å². The molecule has 4 N–H and O–H groups in total. The molecule has 1 rings (SSSR count). The summed E-state index contributed by atoms with van der Waals surface area (Å²) in [6, 6.07) is -0.0206. The molecular formula is C11H22ClN3O2.